The molecule has 0 aromatic carbocycles. The highest BCUT2D eigenvalue weighted by molar-refractivity contribution is 6.29. The Bertz CT molecular complexity index is 362. The molecule has 4 nitrogen and oxygen atoms in total. The van der Waals surface area contributed by atoms with Crippen molar-refractivity contribution in [3.8, 4) is 0 Å². The third-order valence-corrected chi connectivity index (χ3v) is 2.75. The molecule has 15 heavy (non-hydrogen) atoms. The van der Waals surface area contributed by atoms with Crippen LogP contribution < -0.4 is 0 Å². The van der Waals surface area contributed by atoms with Crippen LogP contribution in [0.1, 0.15) is 5.56 Å². The molecule has 1 N–H and O–H groups in total. The van der Waals surface area contributed by atoms with Crippen LogP contribution >= 0.6 is 11.6 Å². The normalized spacial score (nSPS) is 16.3. The van der Waals surface area contributed by atoms with Gasteiger partial charge in [0.05, 0.1) is 0 Å². The topological polar surface area (TPSA) is 43.2 Å². The minimum atomic E-state index is 0.507. The highest BCUT2D eigenvalue weighted by Crippen LogP contribution is 2.12. The van der Waals surface area contributed by atoms with Gasteiger partial charge in [-0.25, -0.2) is 4.98 Å². The van der Waals surface area contributed by atoms with E-state index in [1.165, 1.54) is 0 Å². The minimum Gasteiger partial charge on any atom is -0.344 e. The zero-order valence-electron chi connectivity index (χ0n) is 8.57. The number of guanidine groups is 1. The van der Waals surface area contributed by atoms with Gasteiger partial charge in [-0.2, -0.15) is 0 Å². The Morgan fingerprint density at radius 3 is 2.80 bits per heavy atom. The Labute approximate surface area is 94.0 Å². The van der Waals surface area contributed by atoms with Crippen LogP contribution in [0.25, 0.3) is 0 Å². The molecule has 0 atom stereocenters. The molecule has 0 amide bonds. The molecule has 0 spiro atoms. The fraction of sp³-hybridized carbons (Fsp3) is 0.400. The minimum absolute atomic E-state index is 0.507. The van der Waals surface area contributed by atoms with Crippen LogP contribution in [0.5, 0.6) is 0 Å². The fourth-order valence-electron chi connectivity index (χ4n) is 1.60. The molecule has 1 aromatic heterocycles. The van der Waals surface area contributed by atoms with E-state index in [-0.39, 0.29) is 0 Å². The van der Waals surface area contributed by atoms with Gasteiger partial charge in [0.1, 0.15) is 5.15 Å². The first-order chi connectivity index (χ1) is 7.16. The summed E-state index contributed by atoms with van der Waals surface area (Å²) in [6.07, 6.45) is 1.76. The molecule has 80 valence electrons. The summed E-state index contributed by atoms with van der Waals surface area (Å²) in [5, 5.41) is 8.32. The molecule has 1 aliphatic rings. The third kappa shape index (κ3) is 2.21. The van der Waals surface area contributed by atoms with Gasteiger partial charge in [0.25, 0.3) is 0 Å². The second kappa shape index (κ2) is 4.06. The highest BCUT2D eigenvalue weighted by atomic mass is 35.5. The van der Waals surface area contributed by atoms with Crippen LogP contribution in [0.3, 0.4) is 0 Å². The Balaban J connectivity index is 2.03. The van der Waals surface area contributed by atoms with E-state index < -0.39 is 0 Å². The summed E-state index contributed by atoms with van der Waals surface area (Å²) in [7, 11) is 1.93. The average molecular weight is 225 g/mol. The highest BCUT2D eigenvalue weighted by Gasteiger charge is 2.21. The Hall–Kier alpha value is -1.29. The number of nitrogens with zero attached hydrogens (tertiary/aromatic N) is 3. The molecule has 1 fully saturated rings. The first-order valence-corrected chi connectivity index (χ1v) is 5.19. The molecule has 2 heterocycles. The number of pyridine rings is 1. The molecule has 5 heteroatoms. The van der Waals surface area contributed by atoms with Crippen LogP contribution in [-0.4, -0.2) is 40.9 Å². The molecule has 0 radical (unpaired) electrons. The summed E-state index contributed by atoms with van der Waals surface area (Å²) in [5.41, 5.74) is 1.08. The van der Waals surface area contributed by atoms with E-state index in [0.717, 1.165) is 25.2 Å². The van der Waals surface area contributed by atoms with Crippen molar-refractivity contribution in [3.63, 3.8) is 0 Å². The lowest BCUT2D eigenvalue weighted by Gasteiger charge is -2.18. The van der Waals surface area contributed by atoms with Gasteiger partial charge in [0, 0.05) is 32.9 Å². The number of nitrogens with one attached hydrogen (secondary N) is 1. The van der Waals surface area contributed by atoms with Gasteiger partial charge < -0.3 is 9.80 Å². The maximum absolute atomic E-state index is 7.81. The monoisotopic (exact) mass is 224 g/mol. The number of halogens is 1. The third-order valence-electron chi connectivity index (χ3n) is 2.53. The molecule has 0 bridgehead atoms. The molecular formula is C10H13ClN4. The summed E-state index contributed by atoms with van der Waals surface area (Å²) in [5.74, 6) is 0.574. The summed E-state index contributed by atoms with van der Waals surface area (Å²) in [4.78, 5) is 7.97. The van der Waals surface area contributed by atoms with E-state index >= 15 is 0 Å². The maximum atomic E-state index is 7.81. The zero-order valence-corrected chi connectivity index (χ0v) is 9.33. The molecule has 0 unspecified atom stereocenters. The lowest BCUT2D eigenvalue weighted by molar-refractivity contribution is 0.454. The van der Waals surface area contributed by atoms with Crippen molar-refractivity contribution in [2.24, 2.45) is 0 Å². The molecule has 1 aromatic rings. The quantitative estimate of drug-likeness (QED) is 0.773. The van der Waals surface area contributed by atoms with Crippen LogP contribution in [0.4, 0.5) is 0 Å². The van der Waals surface area contributed by atoms with Crippen molar-refractivity contribution in [2.45, 2.75) is 6.54 Å². The van der Waals surface area contributed by atoms with Crippen molar-refractivity contribution >= 4 is 17.6 Å². The molecule has 1 aliphatic heterocycles. The number of aromatic nitrogens is 1. The zero-order chi connectivity index (χ0) is 10.8. The van der Waals surface area contributed by atoms with E-state index in [1.807, 2.05) is 22.9 Å². The summed E-state index contributed by atoms with van der Waals surface area (Å²) < 4.78 is 0. The first-order valence-electron chi connectivity index (χ1n) is 4.82. The predicted molar refractivity (Wildman–Crippen MR) is 60.0 cm³/mol. The fourth-order valence-corrected chi connectivity index (χ4v) is 1.71. The van der Waals surface area contributed by atoms with Crippen molar-refractivity contribution in [3.05, 3.63) is 29.0 Å². The van der Waals surface area contributed by atoms with E-state index in [0.29, 0.717) is 11.1 Å². The first kappa shape index (κ1) is 10.2. The van der Waals surface area contributed by atoms with Gasteiger partial charge in [-0.1, -0.05) is 17.7 Å². The molecule has 2 rings (SSSR count). The smallest absolute Gasteiger partial charge is 0.193 e. The van der Waals surface area contributed by atoms with Crippen LogP contribution in [0, 0.1) is 5.41 Å². The average Bonchev–Trinajstić information content (AvgIpc) is 2.53. The second-order valence-corrected chi connectivity index (χ2v) is 4.04. The van der Waals surface area contributed by atoms with Gasteiger partial charge in [-0.05, 0) is 11.6 Å². The van der Waals surface area contributed by atoms with E-state index in [2.05, 4.69) is 4.98 Å². The van der Waals surface area contributed by atoms with Crippen molar-refractivity contribution in [2.75, 3.05) is 20.1 Å². The molecule has 0 aliphatic carbocycles. The largest absolute Gasteiger partial charge is 0.344 e. The van der Waals surface area contributed by atoms with Crippen LogP contribution in [0.2, 0.25) is 5.15 Å². The Morgan fingerprint density at radius 1 is 1.47 bits per heavy atom. The lowest BCUT2D eigenvalue weighted by atomic mass is 10.3. The summed E-state index contributed by atoms with van der Waals surface area (Å²) in [6, 6.07) is 3.72. The van der Waals surface area contributed by atoms with Crippen LogP contribution in [0.15, 0.2) is 18.3 Å². The van der Waals surface area contributed by atoms with Gasteiger partial charge in [0.2, 0.25) is 0 Å². The lowest BCUT2D eigenvalue weighted by Crippen LogP contribution is -2.29. The SMILES string of the molecule is CN1CCN(Cc2ccc(Cl)nc2)C1=N. The van der Waals surface area contributed by atoms with E-state index in [9.17, 15) is 0 Å². The van der Waals surface area contributed by atoms with Gasteiger partial charge >= 0.3 is 0 Å². The van der Waals surface area contributed by atoms with E-state index in [1.54, 1.807) is 12.3 Å². The van der Waals surface area contributed by atoms with E-state index in [4.69, 9.17) is 17.0 Å². The van der Waals surface area contributed by atoms with Gasteiger partial charge in [-0.3, -0.25) is 5.41 Å². The number of likely N-dealkylation sites (N-methyl/N-ethyl adjacent to an activating group) is 1. The van der Waals surface area contributed by atoms with Crippen molar-refractivity contribution in [1.29, 1.82) is 5.41 Å². The molecule has 1 saturated heterocycles. The van der Waals surface area contributed by atoms with Crippen LogP contribution in [-0.2, 0) is 6.54 Å². The standard InChI is InChI=1S/C10H13ClN4/c1-14-4-5-15(10(14)12)7-8-2-3-9(11)13-6-8/h2-3,6,12H,4-5,7H2,1H3. The van der Waals surface area contributed by atoms with Crippen molar-refractivity contribution in [1.82, 2.24) is 14.8 Å². The second-order valence-electron chi connectivity index (χ2n) is 3.66. The van der Waals surface area contributed by atoms with Gasteiger partial charge in [0.15, 0.2) is 5.96 Å². The predicted octanol–water partition coefficient (Wildman–Crippen LogP) is 1.42. The molecule has 0 saturated carbocycles. The molecular weight excluding hydrogens is 212 g/mol. The van der Waals surface area contributed by atoms with Gasteiger partial charge in [-0.15, -0.1) is 0 Å². The summed E-state index contributed by atoms with van der Waals surface area (Å²) >= 11 is 5.70. The number of hydrogen-bond acceptors (Lipinski definition) is 2. The summed E-state index contributed by atoms with van der Waals surface area (Å²) in [6.45, 7) is 2.55. The number of hydrogen-bond donors (Lipinski definition) is 1. The van der Waals surface area contributed by atoms with Crippen molar-refractivity contribution < 1.29 is 0 Å². The maximum Gasteiger partial charge on any atom is 0.193 e. The Kier molecular flexibility index (Phi) is 2.77. The Morgan fingerprint density at radius 2 is 2.27 bits per heavy atom. The number of rotatable bonds is 2.